The zero-order chi connectivity index (χ0) is 8.32. The molecule has 1 fully saturated rings. The molecule has 60 valence electrons. The third-order valence-electron chi connectivity index (χ3n) is 2.59. The van der Waals surface area contributed by atoms with Crippen LogP contribution in [0.3, 0.4) is 0 Å². The Morgan fingerprint density at radius 1 is 1.82 bits per heavy atom. The Kier molecular flexibility index (Phi) is 2.34. The van der Waals surface area contributed by atoms with Gasteiger partial charge in [-0.3, -0.25) is 0 Å². The van der Waals surface area contributed by atoms with Crippen molar-refractivity contribution >= 4 is 6.29 Å². The normalized spacial score (nSPS) is 36.5. The first-order valence-corrected chi connectivity index (χ1v) is 4.12. The van der Waals surface area contributed by atoms with Crippen molar-refractivity contribution in [3.05, 3.63) is 0 Å². The van der Waals surface area contributed by atoms with E-state index in [4.69, 9.17) is 6.42 Å². The Morgan fingerprint density at radius 2 is 2.55 bits per heavy atom. The number of hydrogen-bond acceptors (Lipinski definition) is 1. The fourth-order valence-corrected chi connectivity index (χ4v) is 1.94. The summed E-state index contributed by atoms with van der Waals surface area (Å²) in [4.78, 5) is 10.8. The molecule has 0 bridgehead atoms. The lowest BCUT2D eigenvalue weighted by molar-refractivity contribution is -0.115. The summed E-state index contributed by atoms with van der Waals surface area (Å²) < 4.78 is 0. The molecule has 2 unspecified atom stereocenters. The summed E-state index contributed by atoms with van der Waals surface area (Å²) in [6.07, 6.45) is 10.0. The van der Waals surface area contributed by atoms with Crippen LogP contribution in [-0.4, -0.2) is 6.29 Å². The third-order valence-corrected chi connectivity index (χ3v) is 2.59. The van der Waals surface area contributed by atoms with E-state index in [1.807, 2.05) is 0 Å². The first-order valence-electron chi connectivity index (χ1n) is 4.12. The lowest BCUT2D eigenvalue weighted by Gasteiger charge is -2.18. The molecule has 0 N–H and O–H groups in total. The topological polar surface area (TPSA) is 17.1 Å². The van der Waals surface area contributed by atoms with Crippen molar-refractivity contribution in [1.82, 2.24) is 0 Å². The summed E-state index contributed by atoms with van der Waals surface area (Å²) in [5.74, 6) is 3.27. The molecule has 2 atom stereocenters. The smallest absolute Gasteiger partial charge is 0.127 e. The Balaban J connectivity index is 2.63. The van der Waals surface area contributed by atoms with Crippen LogP contribution in [0.15, 0.2) is 0 Å². The highest BCUT2D eigenvalue weighted by Gasteiger charge is 2.36. The van der Waals surface area contributed by atoms with Crippen LogP contribution in [0.2, 0.25) is 0 Å². The van der Waals surface area contributed by atoms with E-state index >= 15 is 0 Å². The summed E-state index contributed by atoms with van der Waals surface area (Å²) in [6, 6.07) is 0. The van der Waals surface area contributed by atoms with Crippen molar-refractivity contribution in [2.24, 2.45) is 11.3 Å². The maximum atomic E-state index is 10.8. The Morgan fingerprint density at radius 3 is 2.91 bits per heavy atom. The molecular weight excluding hydrogens is 136 g/mol. The molecule has 1 heteroatoms. The second-order valence-electron chi connectivity index (χ2n) is 3.71. The molecule has 0 aromatic carbocycles. The summed E-state index contributed by atoms with van der Waals surface area (Å²) in [6.45, 7) is 2.18. The molecule has 1 aliphatic rings. The SMILES string of the molecule is C#CCC1(C=O)CCC(C)C1. The van der Waals surface area contributed by atoms with Crippen molar-refractivity contribution in [1.29, 1.82) is 0 Å². The molecule has 1 aliphatic carbocycles. The van der Waals surface area contributed by atoms with Gasteiger partial charge in [-0.25, -0.2) is 0 Å². The predicted octanol–water partition coefficient (Wildman–Crippen LogP) is 2.02. The van der Waals surface area contributed by atoms with Crippen LogP contribution >= 0.6 is 0 Å². The first kappa shape index (κ1) is 8.33. The van der Waals surface area contributed by atoms with Gasteiger partial charge in [-0.05, 0) is 25.2 Å². The predicted molar refractivity (Wildman–Crippen MR) is 45.0 cm³/mol. The Bertz CT molecular complexity index is 190. The first-order chi connectivity index (χ1) is 5.22. The minimum Gasteiger partial charge on any atom is -0.303 e. The maximum Gasteiger partial charge on any atom is 0.127 e. The van der Waals surface area contributed by atoms with Crippen LogP contribution in [0.1, 0.15) is 32.6 Å². The van der Waals surface area contributed by atoms with Crippen LogP contribution < -0.4 is 0 Å². The fourth-order valence-electron chi connectivity index (χ4n) is 1.94. The number of aldehydes is 1. The molecule has 11 heavy (non-hydrogen) atoms. The van der Waals surface area contributed by atoms with Gasteiger partial charge >= 0.3 is 0 Å². The Labute approximate surface area is 68.2 Å². The number of terminal acetylenes is 1. The molecule has 0 aliphatic heterocycles. The van der Waals surface area contributed by atoms with Gasteiger partial charge in [0.1, 0.15) is 6.29 Å². The number of hydrogen-bond donors (Lipinski definition) is 0. The molecule has 0 radical (unpaired) electrons. The average molecular weight is 150 g/mol. The zero-order valence-corrected chi connectivity index (χ0v) is 6.97. The van der Waals surface area contributed by atoms with E-state index < -0.39 is 0 Å². The standard InChI is InChI=1S/C10H14O/c1-3-5-10(8-11)6-4-9(2)7-10/h1,8-9H,4-7H2,2H3. The summed E-state index contributed by atoms with van der Waals surface area (Å²) >= 11 is 0. The van der Waals surface area contributed by atoms with Crippen LogP contribution in [-0.2, 0) is 4.79 Å². The largest absolute Gasteiger partial charge is 0.303 e. The van der Waals surface area contributed by atoms with Gasteiger partial charge in [0.25, 0.3) is 0 Å². The van der Waals surface area contributed by atoms with Crippen LogP contribution in [0.4, 0.5) is 0 Å². The van der Waals surface area contributed by atoms with Crippen LogP contribution in [0, 0.1) is 23.7 Å². The van der Waals surface area contributed by atoms with Gasteiger partial charge in [-0.2, -0.15) is 0 Å². The number of carbonyl (C=O) groups is 1. The molecule has 0 saturated heterocycles. The maximum absolute atomic E-state index is 10.8. The van der Waals surface area contributed by atoms with E-state index in [9.17, 15) is 4.79 Å². The summed E-state index contributed by atoms with van der Waals surface area (Å²) in [7, 11) is 0. The quantitative estimate of drug-likeness (QED) is 0.434. The summed E-state index contributed by atoms with van der Waals surface area (Å²) in [5.41, 5.74) is -0.159. The molecular formula is C10H14O. The van der Waals surface area contributed by atoms with E-state index in [1.54, 1.807) is 0 Å². The number of carbonyl (C=O) groups excluding carboxylic acids is 1. The van der Waals surface area contributed by atoms with Gasteiger partial charge < -0.3 is 4.79 Å². The fraction of sp³-hybridized carbons (Fsp3) is 0.700. The van der Waals surface area contributed by atoms with Gasteiger partial charge in [-0.1, -0.05) is 6.92 Å². The molecule has 0 aromatic heterocycles. The van der Waals surface area contributed by atoms with Gasteiger partial charge in [-0.15, -0.1) is 12.3 Å². The molecule has 1 nitrogen and oxygen atoms in total. The van der Waals surface area contributed by atoms with E-state index in [1.165, 1.54) is 0 Å². The van der Waals surface area contributed by atoms with Gasteiger partial charge in [0.2, 0.25) is 0 Å². The molecule has 0 amide bonds. The van der Waals surface area contributed by atoms with Gasteiger partial charge in [0.05, 0.1) is 0 Å². The highest BCUT2D eigenvalue weighted by atomic mass is 16.1. The highest BCUT2D eigenvalue weighted by Crippen LogP contribution is 2.42. The molecule has 0 spiro atoms. The monoisotopic (exact) mass is 150 g/mol. The average Bonchev–Trinajstić information content (AvgIpc) is 2.34. The minimum absolute atomic E-state index is 0.159. The zero-order valence-electron chi connectivity index (χ0n) is 6.97. The highest BCUT2D eigenvalue weighted by molar-refractivity contribution is 5.60. The molecule has 1 rings (SSSR count). The Hall–Kier alpha value is -0.770. The van der Waals surface area contributed by atoms with E-state index in [0.29, 0.717) is 12.3 Å². The van der Waals surface area contributed by atoms with Crippen LogP contribution in [0.25, 0.3) is 0 Å². The molecule has 0 heterocycles. The van der Waals surface area contributed by atoms with E-state index in [2.05, 4.69) is 12.8 Å². The third kappa shape index (κ3) is 1.63. The number of rotatable bonds is 2. The second kappa shape index (κ2) is 3.09. The molecule has 0 aromatic rings. The van der Waals surface area contributed by atoms with E-state index in [-0.39, 0.29) is 5.41 Å². The van der Waals surface area contributed by atoms with Crippen molar-refractivity contribution < 1.29 is 4.79 Å². The van der Waals surface area contributed by atoms with E-state index in [0.717, 1.165) is 25.5 Å². The van der Waals surface area contributed by atoms with Gasteiger partial charge in [0, 0.05) is 11.8 Å². The van der Waals surface area contributed by atoms with Crippen molar-refractivity contribution in [2.45, 2.75) is 32.6 Å². The summed E-state index contributed by atoms with van der Waals surface area (Å²) in [5, 5.41) is 0. The minimum atomic E-state index is -0.159. The lowest BCUT2D eigenvalue weighted by Crippen LogP contribution is -2.17. The van der Waals surface area contributed by atoms with Crippen molar-refractivity contribution in [3.63, 3.8) is 0 Å². The lowest BCUT2D eigenvalue weighted by atomic mass is 9.84. The molecule has 1 saturated carbocycles. The van der Waals surface area contributed by atoms with Crippen LogP contribution in [0.5, 0.6) is 0 Å². The van der Waals surface area contributed by atoms with Gasteiger partial charge in [0.15, 0.2) is 0 Å². The van der Waals surface area contributed by atoms with Crippen molar-refractivity contribution in [2.75, 3.05) is 0 Å². The second-order valence-corrected chi connectivity index (χ2v) is 3.71. The van der Waals surface area contributed by atoms with Crippen molar-refractivity contribution in [3.8, 4) is 12.3 Å².